The van der Waals surface area contributed by atoms with Crippen LogP contribution in [0.5, 0.6) is 0 Å². The fourth-order valence-corrected chi connectivity index (χ4v) is 4.79. The summed E-state index contributed by atoms with van der Waals surface area (Å²) in [5.74, 6) is 0.193. The van der Waals surface area contributed by atoms with Crippen molar-refractivity contribution in [3.63, 3.8) is 0 Å². The number of benzene rings is 1. The molecule has 0 saturated heterocycles. The van der Waals surface area contributed by atoms with Gasteiger partial charge in [-0.05, 0) is 38.1 Å². The number of pyridine rings is 1. The number of anilines is 1. The average molecular weight is 493 g/mol. The van der Waals surface area contributed by atoms with E-state index in [1.165, 1.54) is 18.3 Å². The molecule has 0 radical (unpaired) electrons. The van der Waals surface area contributed by atoms with Gasteiger partial charge in [0.1, 0.15) is 10.7 Å². The molecule has 4 aromatic rings. The highest BCUT2D eigenvalue weighted by Crippen LogP contribution is 2.32. The van der Waals surface area contributed by atoms with Gasteiger partial charge >= 0.3 is 0 Å². The van der Waals surface area contributed by atoms with Gasteiger partial charge in [-0.25, -0.2) is 9.97 Å². The van der Waals surface area contributed by atoms with Gasteiger partial charge in [-0.3, -0.25) is 14.6 Å². The predicted octanol–water partition coefficient (Wildman–Crippen LogP) is 4.30. The van der Waals surface area contributed by atoms with Crippen molar-refractivity contribution >= 4 is 39.9 Å². The number of hydrogen-bond acceptors (Lipinski definition) is 7. The number of fused-ring (bicyclic) bond motifs is 1. The standard InChI is InChI=1S/C25H28N6O3S/c1-15-14-35-24(27-15)16(2)30(4)25(33)19-12-18(28-17(3)32)13-21-22(19)31(10-11-34-5)23(29-21)20-8-6-7-9-26-20/h6-9,12-14,16H,10-11H2,1-5H3,(H,28,32). The van der Waals surface area contributed by atoms with Crippen LogP contribution in [0.25, 0.3) is 22.6 Å². The summed E-state index contributed by atoms with van der Waals surface area (Å²) in [6.07, 6.45) is 1.70. The fourth-order valence-electron chi connectivity index (χ4n) is 3.89. The van der Waals surface area contributed by atoms with Gasteiger partial charge in [-0.15, -0.1) is 11.3 Å². The first-order valence-electron chi connectivity index (χ1n) is 11.2. The number of methoxy groups -OCH3 is 1. The molecular weight excluding hydrogens is 464 g/mol. The summed E-state index contributed by atoms with van der Waals surface area (Å²) in [5, 5.41) is 5.62. The lowest BCUT2D eigenvalue weighted by Gasteiger charge is -2.24. The monoisotopic (exact) mass is 492 g/mol. The van der Waals surface area contributed by atoms with Crippen molar-refractivity contribution in [3.8, 4) is 11.5 Å². The SMILES string of the molecule is COCCn1c(-c2ccccn2)nc2cc(NC(C)=O)cc(C(=O)N(C)C(C)c3nc(C)cs3)c21. The third kappa shape index (κ3) is 5.08. The lowest BCUT2D eigenvalue weighted by atomic mass is 10.1. The Bertz CT molecular complexity index is 1360. The van der Waals surface area contributed by atoms with E-state index in [-0.39, 0.29) is 17.9 Å². The van der Waals surface area contributed by atoms with Gasteiger partial charge in [0.25, 0.3) is 5.91 Å². The molecule has 0 aliphatic carbocycles. The number of aromatic nitrogens is 4. The van der Waals surface area contributed by atoms with E-state index in [9.17, 15) is 9.59 Å². The Labute approximate surface area is 207 Å². The number of aryl methyl sites for hydroxylation is 1. The number of nitrogens with zero attached hydrogens (tertiary/aromatic N) is 5. The summed E-state index contributed by atoms with van der Waals surface area (Å²) in [5.41, 5.74) is 3.78. The number of rotatable bonds is 8. The van der Waals surface area contributed by atoms with Gasteiger partial charge in [0, 0.05) is 50.6 Å². The minimum Gasteiger partial charge on any atom is -0.383 e. The molecule has 1 atom stereocenters. The number of amides is 2. The Morgan fingerprint density at radius 1 is 1.26 bits per heavy atom. The van der Waals surface area contributed by atoms with E-state index in [2.05, 4.69) is 15.3 Å². The topological polar surface area (TPSA) is 102 Å². The molecule has 1 aromatic carbocycles. The molecule has 0 saturated carbocycles. The smallest absolute Gasteiger partial charge is 0.256 e. The van der Waals surface area contributed by atoms with Crippen molar-refractivity contribution in [1.29, 1.82) is 0 Å². The number of carbonyl (C=O) groups is 2. The molecule has 10 heteroatoms. The highest BCUT2D eigenvalue weighted by Gasteiger charge is 2.26. The van der Waals surface area contributed by atoms with E-state index in [4.69, 9.17) is 9.72 Å². The summed E-state index contributed by atoms with van der Waals surface area (Å²) < 4.78 is 7.31. The highest BCUT2D eigenvalue weighted by atomic mass is 32.1. The summed E-state index contributed by atoms with van der Waals surface area (Å²) in [6, 6.07) is 8.85. The van der Waals surface area contributed by atoms with Crippen molar-refractivity contribution in [2.45, 2.75) is 33.4 Å². The molecule has 3 aromatic heterocycles. The zero-order chi connectivity index (χ0) is 25.1. The second kappa shape index (κ2) is 10.3. The van der Waals surface area contributed by atoms with Gasteiger partial charge in [0.2, 0.25) is 5.91 Å². The highest BCUT2D eigenvalue weighted by molar-refractivity contribution is 7.09. The summed E-state index contributed by atoms with van der Waals surface area (Å²) in [7, 11) is 3.39. The van der Waals surface area contributed by atoms with Crippen molar-refractivity contribution in [1.82, 2.24) is 24.4 Å². The molecule has 9 nitrogen and oxygen atoms in total. The molecule has 1 unspecified atom stereocenters. The second-order valence-corrected chi connectivity index (χ2v) is 9.18. The number of nitrogens with one attached hydrogen (secondary N) is 1. The van der Waals surface area contributed by atoms with Gasteiger partial charge in [0.05, 0.1) is 29.2 Å². The van der Waals surface area contributed by atoms with E-state index in [0.29, 0.717) is 47.0 Å². The number of carbonyl (C=O) groups excluding carboxylic acids is 2. The van der Waals surface area contributed by atoms with Crippen molar-refractivity contribution in [2.24, 2.45) is 0 Å². The van der Waals surface area contributed by atoms with Crippen LogP contribution in [0.1, 0.15) is 40.9 Å². The van der Waals surface area contributed by atoms with Crippen LogP contribution in [-0.4, -0.2) is 57.0 Å². The third-order valence-electron chi connectivity index (χ3n) is 5.70. The summed E-state index contributed by atoms with van der Waals surface area (Å²) in [6.45, 7) is 6.22. The normalized spacial score (nSPS) is 12.0. The minimum absolute atomic E-state index is 0.200. The maximum absolute atomic E-state index is 13.9. The largest absolute Gasteiger partial charge is 0.383 e. The van der Waals surface area contributed by atoms with Crippen LogP contribution in [0.4, 0.5) is 5.69 Å². The number of hydrogen-bond donors (Lipinski definition) is 1. The van der Waals surface area contributed by atoms with Crippen LogP contribution in [0.3, 0.4) is 0 Å². The Balaban J connectivity index is 1.90. The molecule has 0 fully saturated rings. The van der Waals surface area contributed by atoms with E-state index in [0.717, 1.165) is 10.7 Å². The molecule has 0 bridgehead atoms. The second-order valence-electron chi connectivity index (χ2n) is 8.29. The number of ether oxygens (including phenoxy) is 1. The Morgan fingerprint density at radius 2 is 2.06 bits per heavy atom. The molecule has 1 N–H and O–H groups in total. The van der Waals surface area contributed by atoms with Crippen LogP contribution in [0, 0.1) is 6.92 Å². The first-order valence-corrected chi connectivity index (χ1v) is 12.1. The third-order valence-corrected chi connectivity index (χ3v) is 6.83. The van der Waals surface area contributed by atoms with Gasteiger partial charge in [0.15, 0.2) is 5.82 Å². The summed E-state index contributed by atoms with van der Waals surface area (Å²) in [4.78, 5) is 41.2. The molecule has 0 aliphatic rings. The predicted molar refractivity (Wildman–Crippen MR) is 137 cm³/mol. The summed E-state index contributed by atoms with van der Waals surface area (Å²) >= 11 is 1.53. The Morgan fingerprint density at radius 3 is 2.69 bits per heavy atom. The van der Waals surface area contributed by atoms with Crippen molar-refractivity contribution < 1.29 is 14.3 Å². The lowest BCUT2D eigenvalue weighted by Crippen LogP contribution is -2.30. The van der Waals surface area contributed by atoms with Gasteiger partial charge in [-0.2, -0.15) is 0 Å². The Hall–Kier alpha value is -3.63. The lowest BCUT2D eigenvalue weighted by molar-refractivity contribution is -0.114. The molecule has 0 aliphatic heterocycles. The molecule has 2 amide bonds. The molecule has 182 valence electrons. The van der Waals surface area contributed by atoms with Crippen LogP contribution in [0.15, 0.2) is 41.9 Å². The van der Waals surface area contributed by atoms with Crippen LogP contribution in [-0.2, 0) is 16.1 Å². The molecular formula is C25H28N6O3S. The van der Waals surface area contributed by atoms with Gasteiger partial charge in [-0.1, -0.05) is 6.07 Å². The van der Waals surface area contributed by atoms with E-state index in [1.54, 1.807) is 37.4 Å². The van der Waals surface area contributed by atoms with Crippen LogP contribution < -0.4 is 5.32 Å². The number of thiazole rings is 1. The minimum atomic E-state index is -0.230. The Kier molecular flexibility index (Phi) is 7.23. The van der Waals surface area contributed by atoms with Crippen LogP contribution in [0.2, 0.25) is 0 Å². The zero-order valence-electron chi connectivity index (χ0n) is 20.4. The molecule has 0 spiro atoms. The van der Waals surface area contributed by atoms with E-state index >= 15 is 0 Å². The average Bonchev–Trinajstić information content (AvgIpc) is 3.44. The first-order chi connectivity index (χ1) is 16.8. The van der Waals surface area contributed by atoms with E-state index < -0.39 is 0 Å². The maximum atomic E-state index is 13.9. The van der Waals surface area contributed by atoms with Crippen molar-refractivity contribution in [2.75, 3.05) is 26.1 Å². The maximum Gasteiger partial charge on any atom is 0.256 e. The molecule has 3 heterocycles. The zero-order valence-corrected chi connectivity index (χ0v) is 21.2. The molecule has 4 rings (SSSR count). The molecule has 35 heavy (non-hydrogen) atoms. The quantitative estimate of drug-likeness (QED) is 0.393. The number of imidazole rings is 1. The van der Waals surface area contributed by atoms with Crippen LogP contribution >= 0.6 is 11.3 Å². The fraction of sp³-hybridized carbons (Fsp3) is 0.320. The van der Waals surface area contributed by atoms with E-state index in [1.807, 2.05) is 42.0 Å². The first kappa shape index (κ1) is 24.5. The van der Waals surface area contributed by atoms with Crippen molar-refractivity contribution in [3.05, 3.63) is 58.2 Å². The van der Waals surface area contributed by atoms with Gasteiger partial charge < -0.3 is 19.5 Å².